The summed E-state index contributed by atoms with van der Waals surface area (Å²) in [6.45, 7) is 0. The molecule has 92 valence electrons. The smallest absolute Gasteiger partial charge is 0.337 e. The summed E-state index contributed by atoms with van der Waals surface area (Å²) >= 11 is 0. The predicted octanol–water partition coefficient (Wildman–Crippen LogP) is 1.93. The first kappa shape index (κ1) is 11.8. The molecule has 0 bridgehead atoms. The van der Waals surface area contributed by atoms with E-state index in [0.29, 0.717) is 11.5 Å². The van der Waals surface area contributed by atoms with Gasteiger partial charge in [0.2, 0.25) is 0 Å². The van der Waals surface area contributed by atoms with Crippen LogP contribution in [0, 0.1) is 0 Å². The number of nitrogens with one attached hydrogen (secondary N) is 1. The molecule has 0 amide bonds. The van der Waals surface area contributed by atoms with Gasteiger partial charge in [0, 0.05) is 6.20 Å². The molecule has 0 saturated heterocycles. The van der Waals surface area contributed by atoms with Gasteiger partial charge in [-0.15, -0.1) is 0 Å². The number of carboxylic acids is 1. The van der Waals surface area contributed by atoms with Crippen LogP contribution in [0.2, 0.25) is 0 Å². The molecule has 0 aliphatic rings. The lowest BCUT2D eigenvalue weighted by Gasteiger charge is -2.08. The molecule has 2 aromatic rings. The van der Waals surface area contributed by atoms with Crippen LogP contribution in [-0.4, -0.2) is 28.2 Å². The molecule has 18 heavy (non-hydrogen) atoms. The first-order valence-electron chi connectivity index (χ1n) is 5.17. The molecule has 1 aromatic heterocycles. The van der Waals surface area contributed by atoms with Gasteiger partial charge in [-0.3, -0.25) is 0 Å². The molecule has 1 heterocycles. The van der Waals surface area contributed by atoms with Crippen molar-refractivity contribution in [2.45, 2.75) is 0 Å². The molecule has 1 aromatic carbocycles. The van der Waals surface area contributed by atoms with Crippen LogP contribution in [0.25, 0.3) is 0 Å². The first-order valence-corrected chi connectivity index (χ1v) is 5.17. The molecule has 2 rings (SSSR count). The number of para-hydroxylation sites is 1. The minimum absolute atomic E-state index is 0.176. The van der Waals surface area contributed by atoms with Crippen LogP contribution in [0.3, 0.4) is 0 Å². The highest BCUT2D eigenvalue weighted by Gasteiger charge is 2.09. The minimum Gasteiger partial charge on any atom is -0.478 e. The van der Waals surface area contributed by atoms with Gasteiger partial charge < -0.3 is 15.2 Å². The van der Waals surface area contributed by atoms with E-state index in [0.717, 1.165) is 0 Å². The lowest BCUT2D eigenvalue weighted by molar-refractivity contribution is 0.0698. The van der Waals surface area contributed by atoms with E-state index < -0.39 is 5.97 Å². The molecule has 0 fully saturated rings. The zero-order valence-corrected chi connectivity index (χ0v) is 9.62. The van der Waals surface area contributed by atoms with Crippen molar-refractivity contribution in [3.63, 3.8) is 0 Å². The summed E-state index contributed by atoms with van der Waals surface area (Å²) < 4.78 is 4.89. The SMILES string of the molecule is COc1nccc(Nc2ccccc2C(=O)O)n1. The second-order valence-electron chi connectivity index (χ2n) is 3.40. The lowest BCUT2D eigenvalue weighted by atomic mass is 10.2. The number of methoxy groups -OCH3 is 1. The van der Waals surface area contributed by atoms with Crippen LogP contribution in [0.1, 0.15) is 10.4 Å². The maximum Gasteiger partial charge on any atom is 0.337 e. The Kier molecular flexibility index (Phi) is 3.38. The van der Waals surface area contributed by atoms with Crippen LogP contribution >= 0.6 is 0 Å². The number of aromatic carboxylic acids is 1. The normalized spacial score (nSPS) is 9.83. The van der Waals surface area contributed by atoms with E-state index in [9.17, 15) is 4.79 Å². The van der Waals surface area contributed by atoms with Crippen LogP contribution in [0.4, 0.5) is 11.5 Å². The number of carboxylic acid groups (broad SMARTS) is 1. The highest BCUT2D eigenvalue weighted by molar-refractivity contribution is 5.94. The molecule has 6 heteroatoms. The van der Waals surface area contributed by atoms with Crippen LogP contribution in [-0.2, 0) is 0 Å². The van der Waals surface area contributed by atoms with E-state index in [1.165, 1.54) is 19.4 Å². The second-order valence-corrected chi connectivity index (χ2v) is 3.40. The highest BCUT2D eigenvalue weighted by Crippen LogP contribution is 2.20. The molecule has 0 aliphatic carbocycles. The van der Waals surface area contributed by atoms with Crippen molar-refractivity contribution in [2.24, 2.45) is 0 Å². The van der Waals surface area contributed by atoms with Gasteiger partial charge in [0.1, 0.15) is 5.82 Å². The maximum absolute atomic E-state index is 11.0. The van der Waals surface area contributed by atoms with Crippen LogP contribution < -0.4 is 10.1 Å². The Labute approximate surface area is 103 Å². The Hall–Kier alpha value is -2.63. The summed E-state index contributed by atoms with van der Waals surface area (Å²) in [5.41, 5.74) is 0.640. The standard InChI is InChI=1S/C12H11N3O3/c1-18-12-13-7-6-10(15-12)14-9-5-3-2-4-8(9)11(16)17/h2-7H,1H3,(H,16,17)(H,13,14,15). The predicted molar refractivity (Wildman–Crippen MR) is 65.3 cm³/mol. The number of anilines is 2. The van der Waals surface area contributed by atoms with Crippen molar-refractivity contribution in [1.82, 2.24) is 9.97 Å². The van der Waals surface area contributed by atoms with Gasteiger partial charge in [0.05, 0.1) is 18.4 Å². The number of aromatic nitrogens is 2. The molecular formula is C12H11N3O3. The molecular weight excluding hydrogens is 234 g/mol. The zero-order chi connectivity index (χ0) is 13.0. The Morgan fingerprint density at radius 2 is 2.11 bits per heavy atom. The van der Waals surface area contributed by atoms with Crippen LogP contribution in [0.15, 0.2) is 36.5 Å². The highest BCUT2D eigenvalue weighted by atomic mass is 16.5. The van der Waals surface area contributed by atoms with Gasteiger partial charge in [-0.2, -0.15) is 4.98 Å². The summed E-state index contributed by atoms with van der Waals surface area (Å²) in [6, 6.07) is 8.43. The number of carbonyl (C=O) groups is 1. The molecule has 0 atom stereocenters. The van der Waals surface area contributed by atoms with E-state index >= 15 is 0 Å². The van der Waals surface area contributed by atoms with E-state index in [-0.39, 0.29) is 11.6 Å². The van der Waals surface area contributed by atoms with Crippen molar-refractivity contribution in [2.75, 3.05) is 12.4 Å². The average Bonchev–Trinajstić information content (AvgIpc) is 2.39. The monoisotopic (exact) mass is 245 g/mol. The Morgan fingerprint density at radius 1 is 1.33 bits per heavy atom. The lowest BCUT2D eigenvalue weighted by Crippen LogP contribution is -2.04. The number of rotatable bonds is 4. The van der Waals surface area contributed by atoms with Gasteiger partial charge in [-0.25, -0.2) is 9.78 Å². The summed E-state index contributed by atoms with van der Waals surface area (Å²) in [4.78, 5) is 19.0. The van der Waals surface area contributed by atoms with E-state index in [1.807, 2.05) is 0 Å². The topological polar surface area (TPSA) is 84.3 Å². The number of nitrogens with zero attached hydrogens (tertiary/aromatic N) is 2. The fraction of sp³-hybridized carbons (Fsp3) is 0.0833. The van der Waals surface area contributed by atoms with Gasteiger partial charge in [0.25, 0.3) is 0 Å². The van der Waals surface area contributed by atoms with Crippen LogP contribution in [0.5, 0.6) is 6.01 Å². The Balaban J connectivity index is 2.31. The average molecular weight is 245 g/mol. The number of hydrogen-bond acceptors (Lipinski definition) is 5. The molecule has 6 nitrogen and oxygen atoms in total. The fourth-order valence-electron chi connectivity index (χ4n) is 1.43. The third kappa shape index (κ3) is 2.54. The van der Waals surface area contributed by atoms with Crippen molar-refractivity contribution < 1.29 is 14.6 Å². The number of hydrogen-bond donors (Lipinski definition) is 2. The summed E-state index contributed by atoms with van der Waals surface area (Å²) in [5.74, 6) is -0.533. The van der Waals surface area contributed by atoms with Gasteiger partial charge in [0.15, 0.2) is 0 Å². The van der Waals surface area contributed by atoms with Gasteiger partial charge >= 0.3 is 12.0 Å². The molecule has 2 N–H and O–H groups in total. The molecule has 0 aliphatic heterocycles. The molecule has 0 saturated carbocycles. The van der Waals surface area contributed by atoms with Crippen molar-refractivity contribution >= 4 is 17.5 Å². The summed E-state index contributed by atoms with van der Waals surface area (Å²) in [5, 5.41) is 12.0. The Morgan fingerprint density at radius 3 is 2.83 bits per heavy atom. The van der Waals surface area contributed by atoms with Crippen molar-refractivity contribution in [3.05, 3.63) is 42.1 Å². The first-order chi connectivity index (χ1) is 8.70. The number of benzene rings is 1. The maximum atomic E-state index is 11.0. The van der Waals surface area contributed by atoms with Crippen molar-refractivity contribution in [1.29, 1.82) is 0 Å². The third-order valence-corrected chi connectivity index (χ3v) is 2.24. The second kappa shape index (κ2) is 5.13. The minimum atomic E-state index is -1.00. The Bertz CT molecular complexity index is 572. The quantitative estimate of drug-likeness (QED) is 0.856. The molecule has 0 spiro atoms. The summed E-state index contributed by atoms with van der Waals surface area (Å²) in [7, 11) is 1.46. The third-order valence-electron chi connectivity index (χ3n) is 2.24. The van der Waals surface area contributed by atoms with Gasteiger partial charge in [-0.1, -0.05) is 12.1 Å². The molecule has 0 unspecified atom stereocenters. The van der Waals surface area contributed by atoms with E-state index in [2.05, 4.69) is 15.3 Å². The van der Waals surface area contributed by atoms with Gasteiger partial charge in [-0.05, 0) is 18.2 Å². The molecule has 0 radical (unpaired) electrons. The summed E-state index contributed by atoms with van der Waals surface area (Å²) in [6.07, 6.45) is 1.53. The fourth-order valence-corrected chi connectivity index (χ4v) is 1.43. The van der Waals surface area contributed by atoms with E-state index in [1.54, 1.807) is 24.3 Å². The number of ether oxygens (including phenoxy) is 1. The zero-order valence-electron chi connectivity index (χ0n) is 9.62. The van der Waals surface area contributed by atoms with E-state index in [4.69, 9.17) is 9.84 Å². The van der Waals surface area contributed by atoms with Crippen molar-refractivity contribution in [3.8, 4) is 6.01 Å². The largest absolute Gasteiger partial charge is 0.478 e.